The summed E-state index contributed by atoms with van der Waals surface area (Å²) in [5.74, 6) is 0.548. The van der Waals surface area contributed by atoms with Gasteiger partial charge in [0.1, 0.15) is 17.5 Å². The van der Waals surface area contributed by atoms with Crippen LogP contribution in [0.5, 0.6) is 5.75 Å². The van der Waals surface area contributed by atoms with Gasteiger partial charge in [-0.1, -0.05) is 24.3 Å². The van der Waals surface area contributed by atoms with Crippen molar-refractivity contribution in [1.29, 1.82) is 5.26 Å². The van der Waals surface area contributed by atoms with E-state index in [0.717, 1.165) is 31.2 Å². The van der Waals surface area contributed by atoms with E-state index in [1.807, 2.05) is 69.3 Å². The molecule has 1 fully saturated rings. The minimum Gasteiger partial charge on any atom is -0.489 e. The highest BCUT2D eigenvalue weighted by Gasteiger charge is 2.31. The first kappa shape index (κ1) is 27.3. The fourth-order valence-corrected chi connectivity index (χ4v) is 4.94. The van der Waals surface area contributed by atoms with Gasteiger partial charge in [-0.15, -0.1) is 0 Å². The average Bonchev–Trinajstić information content (AvgIpc) is 3.35. The predicted molar refractivity (Wildman–Crippen MR) is 145 cm³/mol. The monoisotopic (exact) mass is 516 g/mol. The highest BCUT2D eigenvalue weighted by molar-refractivity contribution is 6.16. The SMILES string of the molecule is CCOC(=O)/C(=C\C1CCc2cc(C#N)ccc2C1)c1ccc(O[C@H]2CCN(C(=O)OC(C)(C)C)C2)cc1. The van der Waals surface area contributed by atoms with Gasteiger partial charge in [-0.2, -0.15) is 5.26 Å². The maximum absolute atomic E-state index is 12.9. The molecule has 7 heteroatoms. The lowest BCUT2D eigenvalue weighted by Gasteiger charge is -2.24. The maximum atomic E-state index is 12.9. The number of allylic oxidation sites excluding steroid dienone is 1. The van der Waals surface area contributed by atoms with Crippen LogP contribution in [0.1, 0.15) is 62.8 Å². The van der Waals surface area contributed by atoms with Crippen LogP contribution < -0.4 is 4.74 Å². The Kier molecular flexibility index (Phi) is 8.41. The third-order valence-corrected chi connectivity index (χ3v) is 6.76. The van der Waals surface area contributed by atoms with Gasteiger partial charge in [-0.3, -0.25) is 0 Å². The first-order chi connectivity index (χ1) is 18.1. The summed E-state index contributed by atoms with van der Waals surface area (Å²) in [5, 5.41) is 9.18. The zero-order valence-electron chi connectivity index (χ0n) is 22.7. The van der Waals surface area contributed by atoms with Gasteiger partial charge in [0, 0.05) is 13.0 Å². The molecule has 0 bridgehead atoms. The Hall–Kier alpha value is -3.79. The van der Waals surface area contributed by atoms with Crippen molar-refractivity contribution in [2.45, 2.75) is 65.1 Å². The number of likely N-dealkylation sites (tertiary alicyclic amines) is 1. The molecule has 2 atom stereocenters. The maximum Gasteiger partial charge on any atom is 0.410 e. The van der Waals surface area contributed by atoms with Crippen LogP contribution in [0.2, 0.25) is 0 Å². The topological polar surface area (TPSA) is 88.9 Å². The van der Waals surface area contributed by atoms with Gasteiger partial charge in [-0.05, 0) is 93.8 Å². The Balaban J connectivity index is 1.44. The van der Waals surface area contributed by atoms with Crippen LogP contribution in [0.25, 0.3) is 5.57 Å². The van der Waals surface area contributed by atoms with E-state index in [9.17, 15) is 14.9 Å². The molecule has 1 aliphatic heterocycles. The molecule has 1 amide bonds. The summed E-state index contributed by atoms with van der Waals surface area (Å²) in [5.41, 5.74) is 3.92. The van der Waals surface area contributed by atoms with Gasteiger partial charge < -0.3 is 19.1 Å². The molecule has 0 N–H and O–H groups in total. The van der Waals surface area contributed by atoms with Crippen LogP contribution in [0.3, 0.4) is 0 Å². The molecule has 2 aromatic carbocycles. The third kappa shape index (κ3) is 6.95. The largest absolute Gasteiger partial charge is 0.489 e. The molecular formula is C31H36N2O5. The Morgan fingerprint density at radius 2 is 1.87 bits per heavy atom. The second-order valence-electron chi connectivity index (χ2n) is 10.9. The summed E-state index contributed by atoms with van der Waals surface area (Å²) in [6, 6.07) is 15.5. The summed E-state index contributed by atoms with van der Waals surface area (Å²) < 4.78 is 17.0. The molecule has 200 valence electrons. The number of nitrogens with zero attached hydrogens (tertiary/aromatic N) is 2. The molecule has 4 rings (SSSR count). The Bertz CT molecular complexity index is 1240. The number of hydrogen-bond donors (Lipinski definition) is 0. The molecule has 0 spiro atoms. The Morgan fingerprint density at radius 3 is 2.55 bits per heavy atom. The van der Waals surface area contributed by atoms with E-state index in [1.54, 1.807) is 11.8 Å². The van der Waals surface area contributed by atoms with Gasteiger partial charge in [0.2, 0.25) is 0 Å². The van der Waals surface area contributed by atoms with Crippen LogP contribution in [0, 0.1) is 17.2 Å². The van der Waals surface area contributed by atoms with Gasteiger partial charge >= 0.3 is 12.1 Å². The van der Waals surface area contributed by atoms with Gasteiger partial charge in [-0.25, -0.2) is 9.59 Å². The number of fused-ring (bicyclic) bond motifs is 1. The number of carbonyl (C=O) groups excluding carboxylic acids is 2. The lowest BCUT2D eigenvalue weighted by Crippen LogP contribution is -2.36. The van der Waals surface area contributed by atoms with Crippen molar-refractivity contribution < 1.29 is 23.8 Å². The lowest BCUT2D eigenvalue weighted by molar-refractivity contribution is -0.136. The second kappa shape index (κ2) is 11.7. The van der Waals surface area contributed by atoms with Crippen LogP contribution >= 0.6 is 0 Å². The third-order valence-electron chi connectivity index (χ3n) is 6.76. The number of rotatable bonds is 6. The highest BCUT2D eigenvalue weighted by atomic mass is 16.6. The van der Waals surface area contributed by atoms with Crippen LogP contribution in [-0.2, 0) is 27.1 Å². The molecule has 2 aromatic rings. The first-order valence-corrected chi connectivity index (χ1v) is 13.3. The van der Waals surface area contributed by atoms with Crippen molar-refractivity contribution in [3.8, 4) is 11.8 Å². The van der Waals surface area contributed by atoms with E-state index in [0.29, 0.717) is 36.6 Å². The van der Waals surface area contributed by atoms with Crippen molar-refractivity contribution in [2.24, 2.45) is 5.92 Å². The average molecular weight is 517 g/mol. The fraction of sp³-hybridized carbons (Fsp3) is 0.452. The minimum absolute atomic E-state index is 0.114. The molecular weight excluding hydrogens is 480 g/mol. The number of esters is 1. The number of hydrogen-bond acceptors (Lipinski definition) is 6. The van der Waals surface area contributed by atoms with Crippen molar-refractivity contribution in [2.75, 3.05) is 19.7 Å². The van der Waals surface area contributed by atoms with E-state index in [4.69, 9.17) is 14.2 Å². The molecule has 0 radical (unpaired) electrons. The molecule has 2 aliphatic rings. The standard InChI is InChI=1S/C31H36N2O5/c1-5-36-29(34)28(18-21-6-8-25-17-22(19-32)7-9-24(25)16-21)23-10-12-26(13-11-23)37-27-14-15-33(20-27)30(35)38-31(2,3)4/h7,9-13,17-18,21,27H,5-6,8,14-16,20H2,1-4H3/b28-18-/t21?,27-/m0/s1. The molecule has 1 unspecified atom stereocenters. The van der Waals surface area contributed by atoms with Crippen LogP contribution in [0.15, 0.2) is 48.5 Å². The summed E-state index contributed by atoms with van der Waals surface area (Å²) in [4.78, 5) is 26.9. The summed E-state index contributed by atoms with van der Waals surface area (Å²) in [6.45, 7) is 8.74. The number of aryl methyl sites for hydroxylation is 1. The zero-order valence-corrected chi connectivity index (χ0v) is 22.7. The lowest BCUT2D eigenvalue weighted by atomic mass is 9.82. The number of amides is 1. The molecule has 0 saturated carbocycles. The minimum atomic E-state index is -0.530. The number of carbonyl (C=O) groups is 2. The van der Waals surface area contributed by atoms with E-state index < -0.39 is 5.60 Å². The highest BCUT2D eigenvalue weighted by Crippen LogP contribution is 2.31. The van der Waals surface area contributed by atoms with Crippen molar-refractivity contribution in [1.82, 2.24) is 4.90 Å². The summed E-state index contributed by atoms with van der Waals surface area (Å²) in [6.07, 6.45) is 4.93. The van der Waals surface area contributed by atoms with E-state index in [2.05, 4.69) is 6.07 Å². The Labute approximate surface area is 225 Å². The second-order valence-corrected chi connectivity index (χ2v) is 10.9. The van der Waals surface area contributed by atoms with E-state index in [1.165, 1.54) is 11.1 Å². The van der Waals surface area contributed by atoms with E-state index >= 15 is 0 Å². The molecule has 7 nitrogen and oxygen atoms in total. The molecule has 0 aromatic heterocycles. The van der Waals surface area contributed by atoms with Crippen LogP contribution in [-0.4, -0.2) is 48.4 Å². The van der Waals surface area contributed by atoms with Gasteiger partial charge in [0.05, 0.1) is 30.4 Å². The van der Waals surface area contributed by atoms with Crippen molar-refractivity contribution in [3.63, 3.8) is 0 Å². The number of ether oxygens (including phenoxy) is 3. The first-order valence-electron chi connectivity index (χ1n) is 13.3. The fourth-order valence-electron chi connectivity index (χ4n) is 4.94. The predicted octanol–water partition coefficient (Wildman–Crippen LogP) is 5.70. The molecule has 38 heavy (non-hydrogen) atoms. The normalized spacial score (nSPS) is 19.3. The summed E-state index contributed by atoms with van der Waals surface area (Å²) >= 11 is 0. The molecule has 1 saturated heterocycles. The zero-order chi connectivity index (χ0) is 27.3. The molecule has 1 heterocycles. The summed E-state index contributed by atoms with van der Waals surface area (Å²) in [7, 11) is 0. The number of nitriles is 1. The van der Waals surface area contributed by atoms with E-state index in [-0.39, 0.29) is 24.1 Å². The smallest absolute Gasteiger partial charge is 0.410 e. The van der Waals surface area contributed by atoms with Crippen LogP contribution in [0.4, 0.5) is 4.79 Å². The number of benzene rings is 2. The quantitative estimate of drug-likeness (QED) is 0.362. The van der Waals surface area contributed by atoms with Gasteiger partial charge in [0.25, 0.3) is 0 Å². The Morgan fingerprint density at radius 1 is 1.11 bits per heavy atom. The van der Waals surface area contributed by atoms with Crippen molar-refractivity contribution >= 4 is 17.6 Å². The molecule has 1 aliphatic carbocycles. The van der Waals surface area contributed by atoms with Crippen molar-refractivity contribution in [3.05, 3.63) is 70.8 Å². The van der Waals surface area contributed by atoms with Gasteiger partial charge in [0.15, 0.2) is 0 Å².